The smallest absolute Gasteiger partial charge is 0.326 e. The Labute approximate surface area is 294 Å². The first-order valence-corrected chi connectivity index (χ1v) is 19.0. The Morgan fingerprint density at radius 1 is 0.938 bits per heavy atom. The molecule has 2 aliphatic rings. The van der Waals surface area contributed by atoms with Gasteiger partial charge in [0.05, 0.1) is 17.9 Å². The number of amidine groups is 1. The Bertz CT molecular complexity index is 1790. The maximum atomic E-state index is 15.1. The lowest BCUT2D eigenvalue weighted by atomic mass is 9.71. The molecule has 12 heteroatoms. The van der Waals surface area contributed by atoms with Crippen molar-refractivity contribution < 1.29 is 17.9 Å². The quantitative estimate of drug-likeness (QED) is 0.256. The van der Waals surface area contributed by atoms with Crippen LogP contribution < -0.4 is 4.74 Å². The average Bonchev–Trinajstić information content (AvgIpc) is 3.27. The first kappa shape index (κ1) is 36.1. The van der Waals surface area contributed by atoms with Crippen LogP contribution in [0.2, 0.25) is 10.0 Å². The molecular formula is C36H45Cl2N5O4S. The van der Waals surface area contributed by atoms with E-state index in [1.54, 1.807) is 11.1 Å². The van der Waals surface area contributed by atoms with Crippen LogP contribution in [0.1, 0.15) is 63.9 Å². The molecule has 9 nitrogen and oxygen atoms in total. The van der Waals surface area contributed by atoms with Crippen LogP contribution in [-0.4, -0.2) is 91.3 Å². The summed E-state index contributed by atoms with van der Waals surface area (Å²) in [6.45, 7) is 15.1. The molecule has 1 fully saturated rings. The molecule has 0 bridgehead atoms. The number of halogens is 2. The van der Waals surface area contributed by atoms with Gasteiger partial charge >= 0.3 is 6.03 Å². The molecule has 2 amide bonds. The Morgan fingerprint density at radius 3 is 2.02 bits per heavy atom. The summed E-state index contributed by atoms with van der Waals surface area (Å²) in [6, 6.07) is 16.9. The van der Waals surface area contributed by atoms with Gasteiger partial charge in [-0.15, -0.1) is 0 Å². The number of piperazine rings is 1. The number of aromatic nitrogens is 1. The first-order chi connectivity index (χ1) is 22.5. The number of rotatable bonds is 8. The van der Waals surface area contributed by atoms with Crippen molar-refractivity contribution in [3.05, 3.63) is 93.2 Å². The molecule has 48 heavy (non-hydrogen) atoms. The predicted molar refractivity (Wildman–Crippen MR) is 193 cm³/mol. The molecule has 5 rings (SSSR count). The first-order valence-electron chi connectivity index (χ1n) is 16.2. The lowest BCUT2D eigenvalue weighted by molar-refractivity contribution is 0.0880. The summed E-state index contributed by atoms with van der Waals surface area (Å²) >= 11 is 12.7. The van der Waals surface area contributed by atoms with Crippen LogP contribution in [-0.2, 0) is 26.3 Å². The fourth-order valence-electron chi connectivity index (χ4n) is 6.46. The molecule has 0 spiro atoms. The Kier molecular flexibility index (Phi) is 10.2. The SMILES string of the molecule is CCOc1cc(C(C)(C)C)ncc1C1=N[C@@](C)(c2ccc(Cl)cc2)[C@@](C)(c2ccc(Cl)cc2)N1C(=O)N1CCN(CCS(C)(=O)=O)CC1. The van der Waals surface area contributed by atoms with Gasteiger partial charge in [0.1, 0.15) is 32.5 Å². The summed E-state index contributed by atoms with van der Waals surface area (Å²) < 4.78 is 29.9. The number of carbonyl (C=O) groups is 1. The molecular weight excluding hydrogens is 669 g/mol. The third-order valence-electron chi connectivity index (χ3n) is 9.54. The van der Waals surface area contributed by atoms with Gasteiger partial charge in [-0.2, -0.15) is 0 Å². The summed E-state index contributed by atoms with van der Waals surface area (Å²) in [6.07, 6.45) is 3.01. The Hall–Kier alpha value is -3.18. The number of pyridine rings is 1. The maximum absolute atomic E-state index is 15.1. The Morgan fingerprint density at radius 2 is 1.50 bits per heavy atom. The Balaban J connectivity index is 1.69. The molecule has 0 unspecified atom stereocenters. The van der Waals surface area contributed by atoms with Gasteiger partial charge in [0.25, 0.3) is 0 Å². The van der Waals surface area contributed by atoms with Crippen molar-refractivity contribution in [2.24, 2.45) is 4.99 Å². The summed E-state index contributed by atoms with van der Waals surface area (Å²) in [7, 11) is -3.10. The molecule has 2 aromatic carbocycles. The number of hydrogen-bond donors (Lipinski definition) is 0. The van der Waals surface area contributed by atoms with Crippen LogP contribution in [0.15, 0.2) is 65.8 Å². The van der Waals surface area contributed by atoms with Gasteiger partial charge in [-0.25, -0.2) is 13.2 Å². The van der Waals surface area contributed by atoms with E-state index in [2.05, 4.69) is 25.7 Å². The molecule has 3 aromatic rings. The highest BCUT2D eigenvalue weighted by Gasteiger charge is 2.60. The van der Waals surface area contributed by atoms with Gasteiger partial charge in [0.2, 0.25) is 0 Å². The van der Waals surface area contributed by atoms with E-state index in [-0.39, 0.29) is 17.2 Å². The second-order valence-electron chi connectivity index (χ2n) is 13.9. The largest absolute Gasteiger partial charge is 0.493 e. The minimum atomic E-state index is -3.10. The molecule has 1 aromatic heterocycles. The van der Waals surface area contributed by atoms with Crippen molar-refractivity contribution in [2.75, 3.05) is 51.3 Å². The van der Waals surface area contributed by atoms with E-state index in [4.69, 9.17) is 37.9 Å². The van der Waals surface area contributed by atoms with Crippen molar-refractivity contribution in [3.8, 4) is 5.75 Å². The van der Waals surface area contributed by atoms with E-state index in [1.165, 1.54) is 6.26 Å². The fourth-order valence-corrected chi connectivity index (χ4v) is 7.30. The number of hydrogen-bond acceptors (Lipinski definition) is 7. The van der Waals surface area contributed by atoms with Crippen LogP contribution >= 0.6 is 23.2 Å². The highest BCUT2D eigenvalue weighted by molar-refractivity contribution is 7.90. The summed E-state index contributed by atoms with van der Waals surface area (Å²) in [5.74, 6) is 1.12. The maximum Gasteiger partial charge on any atom is 0.326 e. The van der Waals surface area contributed by atoms with Crippen LogP contribution in [0.4, 0.5) is 4.79 Å². The van der Waals surface area contributed by atoms with Crippen LogP contribution in [0.25, 0.3) is 0 Å². The van der Waals surface area contributed by atoms with E-state index in [0.29, 0.717) is 66.5 Å². The normalized spacial score (nSPS) is 22.1. The van der Waals surface area contributed by atoms with Gasteiger partial charge < -0.3 is 9.64 Å². The molecule has 2 atom stereocenters. The lowest BCUT2D eigenvalue weighted by Crippen LogP contribution is -2.60. The third-order valence-corrected chi connectivity index (χ3v) is 11.0. The molecule has 0 N–H and O–H groups in total. The van der Waals surface area contributed by atoms with Crippen molar-refractivity contribution in [1.29, 1.82) is 0 Å². The molecule has 0 radical (unpaired) electrons. The van der Waals surface area contributed by atoms with Gasteiger partial charge in [-0.1, -0.05) is 68.2 Å². The summed E-state index contributed by atoms with van der Waals surface area (Å²) in [5.41, 5.74) is 0.932. The minimum absolute atomic E-state index is 0.0791. The highest BCUT2D eigenvalue weighted by atomic mass is 35.5. The number of aliphatic imine (C=N–C) groups is 1. The van der Waals surface area contributed by atoms with Crippen molar-refractivity contribution in [2.45, 2.75) is 58.0 Å². The average molecular weight is 715 g/mol. The topological polar surface area (TPSA) is 95.4 Å². The molecule has 258 valence electrons. The number of nitrogens with zero attached hydrogens (tertiary/aromatic N) is 5. The van der Waals surface area contributed by atoms with Gasteiger partial charge in [0.15, 0.2) is 0 Å². The zero-order valence-electron chi connectivity index (χ0n) is 28.8. The highest BCUT2D eigenvalue weighted by Crippen LogP contribution is 2.54. The third kappa shape index (κ3) is 7.08. The van der Waals surface area contributed by atoms with E-state index in [0.717, 1.165) is 16.8 Å². The summed E-state index contributed by atoms with van der Waals surface area (Å²) in [4.78, 5) is 31.1. The second kappa shape index (κ2) is 13.6. The number of urea groups is 1. The number of benzene rings is 2. The number of amides is 2. The van der Waals surface area contributed by atoms with Crippen LogP contribution in [0, 0.1) is 0 Å². The van der Waals surface area contributed by atoms with Gasteiger partial charge in [0, 0.05) is 72.4 Å². The number of carbonyl (C=O) groups excluding carboxylic acids is 1. The van der Waals surface area contributed by atoms with Gasteiger partial charge in [-0.05, 0) is 56.2 Å². The minimum Gasteiger partial charge on any atom is -0.493 e. The van der Waals surface area contributed by atoms with Crippen molar-refractivity contribution >= 4 is 44.9 Å². The van der Waals surface area contributed by atoms with E-state index < -0.39 is 20.9 Å². The van der Waals surface area contributed by atoms with E-state index in [1.807, 2.05) is 80.3 Å². The number of ether oxygens (including phenoxy) is 1. The summed E-state index contributed by atoms with van der Waals surface area (Å²) in [5, 5.41) is 1.18. The zero-order chi connectivity index (χ0) is 35.1. The zero-order valence-corrected chi connectivity index (χ0v) is 31.1. The lowest BCUT2D eigenvalue weighted by Gasteiger charge is -2.47. The van der Waals surface area contributed by atoms with Crippen molar-refractivity contribution in [3.63, 3.8) is 0 Å². The standard InChI is InChI=1S/C36H45Cl2N5O4S/c1-8-47-30-23-31(34(2,3)4)39-24-29(30)32-40-35(5,25-9-13-27(37)14-10-25)36(6,26-11-15-28(38)16-12-26)43(32)33(44)42-19-17-41(18-20-42)21-22-48(7,45)46/h9-16,23-24H,8,17-22H2,1-7H3/t35-,36+/m0/s1. The molecule has 3 heterocycles. The molecule has 2 aliphatic heterocycles. The molecule has 0 saturated carbocycles. The van der Waals surface area contributed by atoms with Crippen LogP contribution in [0.3, 0.4) is 0 Å². The van der Waals surface area contributed by atoms with Gasteiger partial charge in [-0.3, -0.25) is 19.8 Å². The monoisotopic (exact) mass is 713 g/mol. The molecule has 0 aliphatic carbocycles. The van der Waals surface area contributed by atoms with E-state index in [9.17, 15) is 8.42 Å². The van der Waals surface area contributed by atoms with E-state index >= 15 is 4.79 Å². The number of sulfone groups is 1. The predicted octanol–water partition coefficient (Wildman–Crippen LogP) is 6.76. The van der Waals surface area contributed by atoms with Crippen molar-refractivity contribution in [1.82, 2.24) is 19.7 Å². The van der Waals surface area contributed by atoms with Crippen LogP contribution in [0.5, 0.6) is 5.75 Å². The molecule has 1 saturated heterocycles. The second-order valence-corrected chi connectivity index (χ2v) is 17.1. The fraction of sp³-hybridized carbons (Fsp3) is 0.472.